The molecule has 3 rings (SSSR count). The Morgan fingerprint density at radius 2 is 1.84 bits per heavy atom. The second kappa shape index (κ2) is 11.0. The minimum Gasteiger partial charge on any atom is -0.464 e. The number of nitrogens with one attached hydrogen (secondary N) is 3. The summed E-state index contributed by atoms with van der Waals surface area (Å²) in [5.41, 5.74) is 3.19. The number of amides is 2. The van der Waals surface area contributed by atoms with E-state index in [9.17, 15) is 14.4 Å². The maximum atomic E-state index is 12.5. The summed E-state index contributed by atoms with van der Waals surface area (Å²) in [6.45, 7) is 4.15. The summed E-state index contributed by atoms with van der Waals surface area (Å²) in [7, 11) is 0. The predicted molar refractivity (Wildman–Crippen MR) is 120 cm³/mol. The highest BCUT2D eigenvalue weighted by Gasteiger charge is 2.18. The molecule has 3 aromatic rings. The Morgan fingerprint density at radius 1 is 1.06 bits per heavy atom. The Labute approximate surface area is 186 Å². The molecule has 1 aromatic heterocycles. The smallest absolute Gasteiger partial charge is 0.407 e. The normalized spacial score (nSPS) is 11.6. The molecule has 0 bridgehead atoms. The minimum absolute atomic E-state index is 0.211. The molecule has 168 valence electrons. The van der Waals surface area contributed by atoms with Gasteiger partial charge in [0.1, 0.15) is 12.6 Å². The van der Waals surface area contributed by atoms with Crippen molar-refractivity contribution in [1.29, 1.82) is 0 Å². The Hall–Kier alpha value is -3.81. The molecular weight excluding hydrogens is 410 g/mol. The van der Waals surface area contributed by atoms with Crippen LogP contribution in [-0.4, -0.2) is 42.1 Å². The molecule has 0 aliphatic rings. The number of benzene rings is 2. The number of rotatable bonds is 9. The number of alkyl carbamates (subject to hydrolysis) is 1. The van der Waals surface area contributed by atoms with Crippen molar-refractivity contribution < 1.29 is 23.9 Å². The molecule has 3 N–H and O–H groups in total. The number of ether oxygens (including phenoxy) is 2. The van der Waals surface area contributed by atoms with E-state index < -0.39 is 18.1 Å². The number of carbonyl (C=O) groups excluding carboxylic acids is 3. The standard InChI is InChI=1S/C24H27N3O5/c1-3-31-23(29)16(2)27-22(28)18-9-10-21-20(13-18)19(14-26-21)11-12-25-24(30)32-15-17-7-5-4-6-8-17/h4-10,13-14,16,26H,3,11-12,15H2,1-2H3,(H,25,30)(H,27,28). The van der Waals surface area contributed by atoms with Crippen molar-refractivity contribution in [3.63, 3.8) is 0 Å². The van der Waals surface area contributed by atoms with Crippen LogP contribution in [0, 0.1) is 0 Å². The van der Waals surface area contributed by atoms with E-state index in [0.717, 1.165) is 22.0 Å². The average Bonchev–Trinajstić information content (AvgIpc) is 3.20. The van der Waals surface area contributed by atoms with Crippen molar-refractivity contribution >= 4 is 28.9 Å². The number of esters is 1. The molecular formula is C24H27N3O5. The van der Waals surface area contributed by atoms with Gasteiger partial charge in [-0.2, -0.15) is 0 Å². The second-order valence-corrected chi connectivity index (χ2v) is 7.26. The van der Waals surface area contributed by atoms with Crippen molar-refractivity contribution in [2.24, 2.45) is 0 Å². The van der Waals surface area contributed by atoms with E-state index in [-0.39, 0.29) is 19.1 Å². The minimum atomic E-state index is -0.741. The lowest BCUT2D eigenvalue weighted by Crippen LogP contribution is -2.39. The predicted octanol–water partition coefficient (Wildman–Crippen LogP) is 3.32. The van der Waals surface area contributed by atoms with Crippen LogP contribution < -0.4 is 10.6 Å². The van der Waals surface area contributed by atoms with Crippen LogP contribution in [0.3, 0.4) is 0 Å². The highest BCUT2D eigenvalue weighted by atomic mass is 16.5. The van der Waals surface area contributed by atoms with Crippen LogP contribution in [0.1, 0.15) is 35.3 Å². The van der Waals surface area contributed by atoms with Crippen LogP contribution in [0.25, 0.3) is 10.9 Å². The number of H-pyrrole nitrogens is 1. The van der Waals surface area contributed by atoms with Crippen molar-refractivity contribution in [3.8, 4) is 0 Å². The molecule has 0 saturated heterocycles. The van der Waals surface area contributed by atoms with E-state index in [1.54, 1.807) is 26.0 Å². The van der Waals surface area contributed by atoms with E-state index in [1.165, 1.54) is 0 Å². The quantitative estimate of drug-likeness (QED) is 0.445. The number of hydrogen-bond acceptors (Lipinski definition) is 5. The highest BCUT2D eigenvalue weighted by Crippen LogP contribution is 2.20. The lowest BCUT2D eigenvalue weighted by atomic mass is 10.1. The van der Waals surface area contributed by atoms with Crippen molar-refractivity contribution in [3.05, 3.63) is 71.4 Å². The topological polar surface area (TPSA) is 110 Å². The fourth-order valence-corrected chi connectivity index (χ4v) is 3.21. The summed E-state index contributed by atoms with van der Waals surface area (Å²) < 4.78 is 10.1. The third-order valence-electron chi connectivity index (χ3n) is 4.89. The van der Waals surface area contributed by atoms with Crippen LogP contribution in [-0.2, 0) is 27.3 Å². The average molecular weight is 437 g/mol. The first-order valence-electron chi connectivity index (χ1n) is 10.5. The van der Waals surface area contributed by atoms with Gasteiger partial charge in [0.15, 0.2) is 0 Å². The molecule has 2 aromatic carbocycles. The van der Waals surface area contributed by atoms with E-state index in [0.29, 0.717) is 18.5 Å². The first-order valence-corrected chi connectivity index (χ1v) is 10.5. The van der Waals surface area contributed by atoms with Crippen molar-refractivity contribution in [2.45, 2.75) is 32.9 Å². The zero-order valence-corrected chi connectivity index (χ0v) is 18.1. The third-order valence-corrected chi connectivity index (χ3v) is 4.89. The fourth-order valence-electron chi connectivity index (χ4n) is 3.21. The van der Waals surface area contributed by atoms with Gasteiger partial charge in [0.05, 0.1) is 6.61 Å². The van der Waals surface area contributed by atoms with Crippen LogP contribution in [0.2, 0.25) is 0 Å². The third kappa shape index (κ3) is 6.10. The summed E-state index contributed by atoms with van der Waals surface area (Å²) >= 11 is 0. The van der Waals surface area contributed by atoms with Crippen molar-refractivity contribution in [1.82, 2.24) is 15.6 Å². The van der Waals surface area contributed by atoms with E-state index in [4.69, 9.17) is 9.47 Å². The van der Waals surface area contributed by atoms with Gasteiger partial charge in [0.25, 0.3) is 5.91 Å². The monoisotopic (exact) mass is 437 g/mol. The Kier molecular flexibility index (Phi) is 7.85. The van der Waals surface area contributed by atoms with Crippen LogP contribution >= 0.6 is 0 Å². The van der Waals surface area contributed by atoms with E-state index in [1.807, 2.05) is 42.6 Å². The lowest BCUT2D eigenvalue weighted by molar-refractivity contribution is -0.144. The molecule has 1 heterocycles. The summed E-state index contributed by atoms with van der Waals surface area (Å²) in [5.74, 6) is -0.836. The van der Waals surface area contributed by atoms with E-state index in [2.05, 4.69) is 15.6 Å². The lowest BCUT2D eigenvalue weighted by Gasteiger charge is -2.12. The zero-order valence-electron chi connectivity index (χ0n) is 18.1. The van der Waals surface area contributed by atoms with E-state index >= 15 is 0 Å². The summed E-state index contributed by atoms with van der Waals surface area (Å²) in [4.78, 5) is 39.4. The Bertz CT molecular complexity index is 1080. The molecule has 0 radical (unpaired) electrons. The number of fused-ring (bicyclic) bond motifs is 1. The largest absolute Gasteiger partial charge is 0.464 e. The molecule has 32 heavy (non-hydrogen) atoms. The molecule has 8 nitrogen and oxygen atoms in total. The summed E-state index contributed by atoms with van der Waals surface area (Å²) in [5, 5.41) is 6.26. The van der Waals surface area contributed by atoms with Gasteiger partial charge < -0.3 is 25.1 Å². The number of hydrogen-bond donors (Lipinski definition) is 3. The van der Waals surface area contributed by atoms with Gasteiger partial charge in [-0.05, 0) is 49.6 Å². The van der Waals surface area contributed by atoms with Gasteiger partial charge in [0.2, 0.25) is 0 Å². The number of carbonyl (C=O) groups is 3. The zero-order chi connectivity index (χ0) is 22.9. The summed E-state index contributed by atoms with van der Waals surface area (Å²) in [6, 6.07) is 14.0. The molecule has 8 heteroatoms. The highest BCUT2D eigenvalue weighted by molar-refractivity contribution is 6.00. The number of aromatic amines is 1. The van der Waals surface area contributed by atoms with Crippen LogP contribution in [0.5, 0.6) is 0 Å². The van der Waals surface area contributed by atoms with Gasteiger partial charge in [-0.1, -0.05) is 30.3 Å². The maximum Gasteiger partial charge on any atom is 0.407 e. The molecule has 2 amide bonds. The Balaban J connectivity index is 1.55. The second-order valence-electron chi connectivity index (χ2n) is 7.26. The molecule has 1 unspecified atom stereocenters. The van der Waals surface area contributed by atoms with Gasteiger partial charge >= 0.3 is 12.1 Å². The number of aromatic nitrogens is 1. The maximum absolute atomic E-state index is 12.5. The fraction of sp³-hybridized carbons (Fsp3) is 0.292. The van der Waals surface area contributed by atoms with Gasteiger partial charge in [-0.25, -0.2) is 9.59 Å². The van der Waals surface area contributed by atoms with Crippen molar-refractivity contribution in [2.75, 3.05) is 13.2 Å². The SMILES string of the molecule is CCOC(=O)C(C)NC(=O)c1ccc2[nH]cc(CCNC(=O)OCc3ccccc3)c2c1. The molecule has 0 fully saturated rings. The van der Waals surface area contributed by atoms with Gasteiger partial charge in [-0.15, -0.1) is 0 Å². The Morgan fingerprint density at radius 3 is 2.59 bits per heavy atom. The van der Waals surface area contributed by atoms with Crippen LogP contribution in [0.15, 0.2) is 54.7 Å². The first kappa shape index (κ1) is 22.9. The summed E-state index contributed by atoms with van der Waals surface area (Å²) in [6.07, 6.45) is 1.93. The molecule has 0 saturated carbocycles. The van der Waals surface area contributed by atoms with Gasteiger partial charge in [0, 0.05) is 29.2 Å². The molecule has 0 spiro atoms. The first-order chi connectivity index (χ1) is 15.5. The molecule has 1 atom stereocenters. The van der Waals surface area contributed by atoms with Crippen LogP contribution in [0.4, 0.5) is 4.79 Å². The molecule has 0 aliphatic carbocycles. The molecule has 0 aliphatic heterocycles. The van der Waals surface area contributed by atoms with Gasteiger partial charge in [-0.3, -0.25) is 4.79 Å².